The van der Waals surface area contributed by atoms with Crippen molar-refractivity contribution < 1.29 is 58.0 Å². The van der Waals surface area contributed by atoms with Crippen LogP contribution in [0.4, 0.5) is 0 Å². The zero-order valence-electron chi connectivity index (χ0n) is 35.3. The summed E-state index contributed by atoms with van der Waals surface area (Å²) in [7, 11) is -4.84. The first-order chi connectivity index (χ1) is 27.6. The maximum absolute atomic E-state index is 12.6. The Balaban J connectivity index is 4.66. The molecule has 5 atom stereocenters. The van der Waals surface area contributed by atoms with Gasteiger partial charge < -0.3 is 34.8 Å². The van der Waals surface area contributed by atoms with E-state index in [1.165, 1.54) is 51.4 Å². The van der Waals surface area contributed by atoms with Gasteiger partial charge >= 0.3 is 19.8 Å². The van der Waals surface area contributed by atoms with Crippen LogP contribution in [0.1, 0.15) is 168 Å². The van der Waals surface area contributed by atoms with Crippen LogP contribution < -0.4 is 0 Å². The fourth-order valence-corrected chi connectivity index (χ4v) is 6.34. The van der Waals surface area contributed by atoms with E-state index in [4.69, 9.17) is 23.6 Å². The van der Waals surface area contributed by atoms with E-state index in [1.54, 1.807) is 0 Å². The zero-order chi connectivity index (χ0) is 42.2. The molecular formula is C44H79O12P. The molecule has 0 aromatic rings. The number of hydrogen-bond acceptors (Lipinski definition) is 11. The van der Waals surface area contributed by atoms with Crippen molar-refractivity contribution in [2.24, 2.45) is 0 Å². The van der Waals surface area contributed by atoms with Gasteiger partial charge in [0.25, 0.3) is 0 Å². The van der Waals surface area contributed by atoms with E-state index in [9.17, 15) is 34.4 Å². The smallest absolute Gasteiger partial charge is 0.462 e. The normalized spacial score (nSPS) is 15.4. The van der Waals surface area contributed by atoms with E-state index in [1.807, 2.05) is 6.08 Å². The highest BCUT2D eigenvalue weighted by atomic mass is 31.2. The first-order valence-corrected chi connectivity index (χ1v) is 23.3. The summed E-state index contributed by atoms with van der Waals surface area (Å²) in [4.78, 5) is 35.2. The third-order valence-corrected chi connectivity index (χ3v) is 10.1. The molecule has 1 unspecified atom stereocenters. The van der Waals surface area contributed by atoms with Gasteiger partial charge in [-0.3, -0.25) is 18.6 Å². The minimum absolute atomic E-state index is 0.0740. The van der Waals surface area contributed by atoms with Crippen LogP contribution in [0.25, 0.3) is 0 Å². The first-order valence-electron chi connectivity index (χ1n) is 21.8. The maximum Gasteiger partial charge on any atom is 0.472 e. The van der Waals surface area contributed by atoms with Crippen LogP contribution >= 0.6 is 7.82 Å². The van der Waals surface area contributed by atoms with E-state index < -0.39 is 70.6 Å². The lowest BCUT2D eigenvalue weighted by Crippen LogP contribution is -2.41. The summed E-state index contributed by atoms with van der Waals surface area (Å²) in [6.45, 7) is 1.62. The number of esters is 2. The molecule has 0 bridgehead atoms. The second kappa shape index (κ2) is 39.3. The van der Waals surface area contributed by atoms with Crippen molar-refractivity contribution >= 4 is 19.8 Å². The van der Waals surface area contributed by atoms with Crippen molar-refractivity contribution in [3.63, 3.8) is 0 Å². The van der Waals surface area contributed by atoms with Crippen LogP contribution in [0.5, 0.6) is 0 Å². The predicted octanol–water partition coefficient (Wildman–Crippen LogP) is 9.28. The van der Waals surface area contributed by atoms with Crippen LogP contribution in [0, 0.1) is 0 Å². The second-order valence-electron chi connectivity index (χ2n) is 14.6. The molecule has 0 radical (unpaired) electrons. The number of carbonyl (C=O) groups is 2. The highest BCUT2D eigenvalue weighted by Gasteiger charge is 2.30. The number of aliphatic hydroxyl groups excluding tert-OH is 4. The molecule has 0 aliphatic heterocycles. The second-order valence-corrected chi connectivity index (χ2v) is 16.1. The highest BCUT2D eigenvalue weighted by molar-refractivity contribution is 7.47. The van der Waals surface area contributed by atoms with Gasteiger partial charge in [-0.05, 0) is 103 Å². The van der Waals surface area contributed by atoms with Gasteiger partial charge in [-0.15, -0.1) is 0 Å². The number of hydrogen-bond donors (Lipinski definition) is 5. The van der Waals surface area contributed by atoms with Crippen LogP contribution in [-0.2, 0) is 32.7 Å². The van der Waals surface area contributed by atoms with Crippen LogP contribution in [0.2, 0.25) is 0 Å². The lowest BCUT2D eigenvalue weighted by Gasteiger charge is -2.23. The molecular weight excluding hydrogens is 751 g/mol. The summed E-state index contributed by atoms with van der Waals surface area (Å²) in [6, 6.07) is 0. The summed E-state index contributed by atoms with van der Waals surface area (Å²) >= 11 is 0. The number of phosphoric ester groups is 1. The van der Waals surface area contributed by atoms with E-state index in [0.29, 0.717) is 25.7 Å². The monoisotopic (exact) mass is 831 g/mol. The topological polar surface area (TPSA) is 189 Å². The van der Waals surface area contributed by atoms with Crippen molar-refractivity contribution in [1.29, 1.82) is 0 Å². The van der Waals surface area contributed by atoms with Crippen LogP contribution in [-0.4, -0.2) is 88.1 Å². The molecule has 0 amide bonds. The molecule has 0 saturated heterocycles. The molecule has 0 aromatic heterocycles. The highest BCUT2D eigenvalue weighted by Crippen LogP contribution is 2.43. The summed E-state index contributed by atoms with van der Waals surface area (Å²) in [5.74, 6) is -1.11. The number of ether oxygens (including phenoxy) is 2. The van der Waals surface area contributed by atoms with Gasteiger partial charge in [0.15, 0.2) is 6.10 Å². The number of phosphoric acid groups is 1. The Bertz CT molecular complexity index is 1120. The van der Waals surface area contributed by atoms with Gasteiger partial charge in [-0.25, -0.2) is 4.57 Å². The molecule has 0 rings (SSSR count). The Morgan fingerprint density at radius 1 is 0.526 bits per heavy atom. The van der Waals surface area contributed by atoms with Crippen molar-refractivity contribution in [3.05, 3.63) is 48.6 Å². The third kappa shape index (κ3) is 36.6. The predicted molar refractivity (Wildman–Crippen MR) is 226 cm³/mol. The van der Waals surface area contributed by atoms with Gasteiger partial charge in [0.05, 0.1) is 19.8 Å². The molecule has 13 heteroatoms. The SMILES string of the molecule is CCCCCCC=CCCCCC=CCCCC(=O)OC[C@H](COP(=O)(O)OC[C@@H](O)[C@@H](O)[C@H](O)CO)OC(=O)CCCC=CCCCCC=CCCCCCC. The van der Waals surface area contributed by atoms with E-state index in [2.05, 4.69) is 56.4 Å². The van der Waals surface area contributed by atoms with Crippen molar-refractivity contribution in [3.8, 4) is 0 Å². The maximum atomic E-state index is 12.6. The Morgan fingerprint density at radius 2 is 0.912 bits per heavy atom. The van der Waals surface area contributed by atoms with Crippen LogP contribution in [0.15, 0.2) is 48.6 Å². The Labute approximate surface area is 344 Å². The van der Waals surface area contributed by atoms with Crippen molar-refractivity contribution in [2.45, 2.75) is 192 Å². The molecule has 57 heavy (non-hydrogen) atoms. The molecule has 0 aliphatic rings. The lowest BCUT2D eigenvalue weighted by molar-refractivity contribution is -0.161. The number of rotatable bonds is 40. The number of unbranched alkanes of at least 4 members (excludes halogenated alkanes) is 16. The molecule has 0 heterocycles. The minimum Gasteiger partial charge on any atom is -0.462 e. The molecule has 0 fully saturated rings. The summed E-state index contributed by atoms with van der Waals surface area (Å²) < 4.78 is 32.8. The summed E-state index contributed by atoms with van der Waals surface area (Å²) in [5.41, 5.74) is 0. The summed E-state index contributed by atoms with van der Waals surface area (Å²) in [5, 5.41) is 38.0. The quantitative estimate of drug-likeness (QED) is 0.0171. The zero-order valence-corrected chi connectivity index (χ0v) is 36.2. The molecule has 0 aromatic carbocycles. The van der Waals surface area contributed by atoms with Crippen molar-refractivity contribution in [2.75, 3.05) is 26.4 Å². The number of aliphatic hydroxyl groups is 4. The Kier molecular flexibility index (Phi) is 37.8. The third-order valence-electron chi connectivity index (χ3n) is 9.14. The van der Waals surface area contributed by atoms with E-state index in [0.717, 1.165) is 64.2 Å². The molecule has 332 valence electrons. The molecule has 0 spiro atoms. The minimum atomic E-state index is -4.84. The van der Waals surface area contributed by atoms with Gasteiger partial charge in [0.1, 0.15) is 24.9 Å². The largest absolute Gasteiger partial charge is 0.472 e. The van der Waals surface area contributed by atoms with Gasteiger partial charge in [-0.2, -0.15) is 0 Å². The molecule has 0 aliphatic carbocycles. The van der Waals surface area contributed by atoms with Gasteiger partial charge in [0, 0.05) is 12.8 Å². The Morgan fingerprint density at radius 3 is 1.33 bits per heavy atom. The fraction of sp³-hybridized carbons (Fsp3) is 0.773. The number of allylic oxidation sites excluding steroid dienone is 8. The summed E-state index contributed by atoms with van der Waals surface area (Å²) in [6.07, 6.45) is 34.8. The average Bonchev–Trinajstić information content (AvgIpc) is 3.20. The molecule has 0 saturated carbocycles. The van der Waals surface area contributed by atoms with Crippen LogP contribution in [0.3, 0.4) is 0 Å². The van der Waals surface area contributed by atoms with Crippen molar-refractivity contribution in [1.82, 2.24) is 0 Å². The fourth-order valence-electron chi connectivity index (χ4n) is 5.57. The van der Waals surface area contributed by atoms with Gasteiger partial charge in [-0.1, -0.05) is 101 Å². The van der Waals surface area contributed by atoms with Gasteiger partial charge in [0.2, 0.25) is 0 Å². The average molecular weight is 831 g/mol. The van der Waals surface area contributed by atoms with E-state index in [-0.39, 0.29) is 12.8 Å². The Hall–Kier alpha value is -2.15. The molecule has 5 N–H and O–H groups in total. The molecule has 12 nitrogen and oxygen atoms in total. The first kappa shape index (κ1) is 54.9. The van der Waals surface area contributed by atoms with E-state index >= 15 is 0 Å². The standard InChI is InChI=1S/C44H79O12P/c1-3-5-7-9-11-13-15-17-19-21-23-25-27-29-31-33-42(48)53-36-39(37-54-57(51,52)55-38-41(47)44(50)40(46)35-45)56-43(49)34-32-30-28-26-24-22-20-18-16-14-12-10-8-6-4-2/h13-16,25-28,39-41,44-47,50H,3-12,17-24,29-38H2,1-2H3,(H,51,52)/t39-,40-,41-,44+/m1/s1. The number of carbonyl (C=O) groups excluding carboxylic acids is 2. The lowest BCUT2D eigenvalue weighted by atomic mass is 10.1.